The summed E-state index contributed by atoms with van der Waals surface area (Å²) >= 11 is 0. The highest BCUT2D eigenvalue weighted by atomic mass is 16.8. The van der Waals surface area contributed by atoms with Crippen molar-refractivity contribution in [2.24, 2.45) is 0 Å². The number of rotatable bonds is 1. The van der Waals surface area contributed by atoms with Gasteiger partial charge >= 0.3 is 5.97 Å². The van der Waals surface area contributed by atoms with E-state index in [0.717, 1.165) is 0 Å². The predicted octanol–water partition coefficient (Wildman–Crippen LogP) is -0.798. The minimum absolute atomic E-state index is 0.119. The normalized spacial score (nSPS) is 38.2. The maximum absolute atomic E-state index is 10.9. The van der Waals surface area contributed by atoms with E-state index in [9.17, 15) is 9.90 Å². The molecule has 0 aromatic rings. The lowest BCUT2D eigenvalue weighted by Gasteiger charge is -2.30. The predicted molar refractivity (Wildman–Crippen MR) is 40.7 cm³/mol. The Morgan fingerprint density at radius 1 is 1.69 bits per heavy atom. The molecule has 13 heavy (non-hydrogen) atoms. The third kappa shape index (κ3) is 1.35. The summed E-state index contributed by atoms with van der Waals surface area (Å²) in [5, 5.41) is 9.41. The topological polar surface area (TPSA) is 65.0 Å². The number of methoxy groups -OCH3 is 1. The molecule has 0 saturated carbocycles. The van der Waals surface area contributed by atoms with Crippen LogP contribution in [-0.4, -0.2) is 43.3 Å². The molecule has 3 atom stereocenters. The van der Waals surface area contributed by atoms with Gasteiger partial charge in [-0.05, 0) is 0 Å². The molecular formula is C8H10O5. The molecule has 5 heteroatoms. The molecule has 0 aromatic heterocycles. The number of ether oxygens (including phenoxy) is 3. The first-order valence-corrected chi connectivity index (χ1v) is 3.97. The van der Waals surface area contributed by atoms with Crippen molar-refractivity contribution in [3.63, 3.8) is 0 Å². The number of esters is 1. The second-order valence-corrected chi connectivity index (χ2v) is 2.97. The number of carbonyl (C=O) groups excluding carboxylic acids is 1. The van der Waals surface area contributed by atoms with Crippen molar-refractivity contribution in [3.8, 4) is 0 Å². The van der Waals surface area contributed by atoms with Gasteiger partial charge in [0, 0.05) is 18.8 Å². The van der Waals surface area contributed by atoms with Crippen LogP contribution in [0.25, 0.3) is 0 Å². The zero-order valence-electron chi connectivity index (χ0n) is 7.10. The fourth-order valence-electron chi connectivity index (χ4n) is 1.52. The Labute approximate surface area is 74.9 Å². The van der Waals surface area contributed by atoms with Gasteiger partial charge < -0.3 is 19.3 Å². The van der Waals surface area contributed by atoms with Crippen LogP contribution in [0.3, 0.4) is 0 Å². The Hall–Kier alpha value is -0.910. The Balaban J connectivity index is 2.23. The number of aliphatic hydroxyl groups excluding tert-OH is 1. The van der Waals surface area contributed by atoms with E-state index in [2.05, 4.69) is 0 Å². The molecular weight excluding hydrogens is 179 g/mol. The van der Waals surface area contributed by atoms with Crippen LogP contribution in [-0.2, 0) is 19.0 Å². The van der Waals surface area contributed by atoms with Gasteiger partial charge in [-0.3, -0.25) is 0 Å². The van der Waals surface area contributed by atoms with Crippen molar-refractivity contribution >= 4 is 5.97 Å². The summed E-state index contributed by atoms with van der Waals surface area (Å²) in [5.41, 5.74) is 0.561. The quantitative estimate of drug-likeness (QED) is 0.432. The summed E-state index contributed by atoms with van der Waals surface area (Å²) in [6.45, 7) is 0.119. The van der Waals surface area contributed by atoms with Crippen molar-refractivity contribution < 1.29 is 24.1 Å². The minimum Gasteiger partial charge on any atom is -0.452 e. The van der Waals surface area contributed by atoms with Crippen LogP contribution >= 0.6 is 0 Å². The molecule has 1 unspecified atom stereocenters. The maximum Gasteiger partial charge on any atom is 0.331 e. The van der Waals surface area contributed by atoms with Crippen LogP contribution in [0.2, 0.25) is 0 Å². The summed E-state index contributed by atoms with van der Waals surface area (Å²) in [6.07, 6.45) is -0.642. The summed E-state index contributed by atoms with van der Waals surface area (Å²) in [7, 11) is 1.48. The average Bonchev–Trinajstić information content (AvgIpc) is 2.48. The molecule has 1 N–H and O–H groups in total. The third-order valence-corrected chi connectivity index (χ3v) is 2.11. The summed E-state index contributed by atoms with van der Waals surface area (Å²) in [4.78, 5) is 10.9. The molecule has 1 fully saturated rings. The molecule has 2 aliphatic rings. The molecule has 72 valence electrons. The molecule has 5 nitrogen and oxygen atoms in total. The molecule has 0 spiro atoms. The first-order chi connectivity index (χ1) is 6.22. The van der Waals surface area contributed by atoms with Crippen LogP contribution < -0.4 is 0 Å². The lowest BCUT2D eigenvalue weighted by molar-refractivity contribution is -0.176. The highest BCUT2D eigenvalue weighted by Gasteiger charge is 2.41. The molecule has 2 heterocycles. The highest BCUT2D eigenvalue weighted by molar-refractivity contribution is 5.86. The monoisotopic (exact) mass is 189 g/mol. The summed E-state index contributed by atoms with van der Waals surface area (Å²) in [5.74, 6) is -0.452. The largest absolute Gasteiger partial charge is 0.452 e. The lowest BCUT2D eigenvalue weighted by atomic mass is 10.1. The van der Waals surface area contributed by atoms with Gasteiger partial charge in [-0.2, -0.15) is 0 Å². The van der Waals surface area contributed by atoms with Gasteiger partial charge in [0.1, 0.15) is 6.10 Å². The van der Waals surface area contributed by atoms with Crippen LogP contribution in [0.5, 0.6) is 0 Å². The number of hydrogen-bond acceptors (Lipinski definition) is 5. The fourth-order valence-corrected chi connectivity index (χ4v) is 1.52. The first-order valence-electron chi connectivity index (χ1n) is 3.97. The van der Waals surface area contributed by atoms with E-state index in [0.29, 0.717) is 5.57 Å². The van der Waals surface area contributed by atoms with Crippen molar-refractivity contribution in [3.05, 3.63) is 11.6 Å². The van der Waals surface area contributed by atoms with E-state index in [1.807, 2.05) is 0 Å². The third-order valence-electron chi connectivity index (χ3n) is 2.11. The van der Waals surface area contributed by atoms with Crippen molar-refractivity contribution in [2.45, 2.75) is 18.5 Å². The molecule has 2 rings (SSSR count). The summed E-state index contributed by atoms with van der Waals surface area (Å²) < 4.78 is 15.0. The van der Waals surface area contributed by atoms with Gasteiger partial charge in [0.05, 0.1) is 6.61 Å². The first kappa shape index (κ1) is 8.68. The Morgan fingerprint density at radius 2 is 2.46 bits per heavy atom. The van der Waals surface area contributed by atoms with E-state index in [4.69, 9.17) is 14.2 Å². The van der Waals surface area contributed by atoms with E-state index >= 15 is 0 Å². The molecule has 2 aliphatic heterocycles. The minimum atomic E-state index is -0.788. The van der Waals surface area contributed by atoms with Gasteiger partial charge in [0.25, 0.3) is 0 Å². The SMILES string of the molecule is CO[13C@H]1OC[C@@H](O)C2O[13C](=O)[13CH]=C21. The average molecular weight is 189 g/mol. The standard InChI is InChI=1S/C8H10O5/c1-11-8-4-2-6(10)13-7(4)5(9)3-12-8/h2,5,7-9H,3H2,1H3/t5-,7?,8+/m1/s1/i2+1,6+1,8+1. The zero-order chi connectivity index (χ0) is 9.42. The van der Waals surface area contributed by atoms with Gasteiger partial charge in [0.2, 0.25) is 0 Å². The second kappa shape index (κ2) is 3.10. The molecule has 0 amide bonds. The lowest BCUT2D eigenvalue weighted by Crippen LogP contribution is -2.43. The molecule has 0 radical (unpaired) electrons. The van der Waals surface area contributed by atoms with Gasteiger partial charge in [-0.25, -0.2) is 4.79 Å². The van der Waals surface area contributed by atoms with Crippen molar-refractivity contribution in [1.29, 1.82) is 0 Å². The number of hydrogen-bond donors (Lipinski definition) is 1. The van der Waals surface area contributed by atoms with Gasteiger partial charge in [-0.15, -0.1) is 0 Å². The van der Waals surface area contributed by atoms with Crippen LogP contribution in [0, 0.1) is 0 Å². The van der Waals surface area contributed by atoms with E-state index in [-0.39, 0.29) is 6.61 Å². The van der Waals surface area contributed by atoms with Crippen LogP contribution in [0.15, 0.2) is 11.6 Å². The van der Waals surface area contributed by atoms with E-state index in [1.165, 1.54) is 13.2 Å². The van der Waals surface area contributed by atoms with E-state index < -0.39 is 24.5 Å². The van der Waals surface area contributed by atoms with E-state index in [1.54, 1.807) is 0 Å². The molecule has 0 aliphatic carbocycles. The zero-order valence-corrected chi connectivity index (χ0v) is 7.10. The van der Waals surface area contributed by atoms with Gasteiger partial charge in [0.15, 0.2) is 12.4 Å². The highest BCUT2D eigenvalue weighted by Crippen LogP contribution is 2.28. The molecule has 0 aromatic carbocycles. The second-order valence-electron chi connectivity index (χ2n) is 2.97. The van der Waals surface area contributed by atoms with Crippen molar-refractivity contribution in [1.82, 2.24) is 0 Å². The van der Waals surface area contributed by atoms with Gasteiger partial charge in [-0.1, -0.05) is 0 Å². The smallest absolute Gasteiger partial charge is 0.331 e. The number of carbonyl (C=O) groups is 1. The molecule has 0 bridgehead atoms. The van der Waals surface area contributed by atoms with Crippen LogP contribution in [0.4, 0.5) is 0 Å². The molecule has 1 saturated heterocycles. The maximum atomic E-state index is 10.9. The summed E-state index contributed by atoms with van der Waals surface area (Å²) in [6, 6.07) is 0. The fraction of sp³-hybridized carbons (Fsp3) is 0.625. The number of fused-ring (bicyclic) bond motifs is 1. The Morgan fingerprint density at radius 3 is 3.15 bits per heavy atom. The Kier molecular flexibility index (Phi) is 2.07. The Bertz CT molecular complexity index is 259. The number of aliphatic hydroxyl groups is 1. The van der Waals surface area contributed by atoms with Crippen LogP contribution in [0.1, 0.15) is 0 Å². The van der Waals surface area contributed by atoms with Crippen molar-refractivity contribution in [2.75, 3.05) is 13.7 Å².